The molecule has 0 amide bonds. The number of nitrogens with zero attached hydrogens (tertiary/aromatic N) is 4. The molecule has 0 aliphatic carbocycles. The fraction of sp³-hybridized carbons (Fsp3) is 0.0952. The number of nitrogens with one attached hydrogen (secondary N) is 2. The van der Waals surface area contributed by atoms with E-state index in [2.05, 4.69) is 20.8 Å². The van der Waals surface area contributed by atoms with Crippen molar-refractivity contribution in [2.45, 2.75) is 13.1 Å². The molecule has 2 aromatic carbocycles. The molecule has 0 saturated carbocycles. The van der Waals surface area contributed by atoms with Gasteiger partial charge in [-0.3, -0.25) is 9.36 Å². The van der Waals surface area contributed by atoms with Crippen LogP contribution in [0.3, 0.4) is 0 Å². The molecule has 11 heteroatoms. The van der Waals surface area contributed by atoms with Crippen LogP contribution < -0.4 is 10.6 Å². The quantitative estimate of drug-likeness (QED) is 0.308. The number of halogens is 4. The Bertz CT molecular complexity index is 1140. The molecule has 2 N–H and O–H groups in total. The van der Waals surface area contributed by atoms with Crippen LogP contribution in [0.5, 0.6) is 0 Å². The summed E-state index contributed by atoms with van der Waals surface area (Å²) in [5.41, 5.74) is 1.79. The van der Waals surface area contributed by atoms with Crippen LogP contribution in [0.15, 0.2) is 61.1 Å². The van der Waals surface area contributed by atoms with Crippen molar-refractivity contribution in [3.63, 3.8) is 0 Å². The van der Waals surface area contributed by atoms with Crippen LogP contribution in [0.25, 0.3) is 0 Å². The highest BCUT2D eigenvalue weighted by Gasteiger charge is 2.11. The number of hydrogen-bond donors (Lipinski definition) is 2. The molecule has 0 fully saturated rings. The molecule has 164 valence electrons. The molecule has 2 aromatic heterocycles. The first-order chi connectivity index (χ1) is 15.4. The summed E-state index contributed by atoms with van der Waals surface area (Å²) in [5.74, 6) is 0.171. The molecule has 2 heterocycles. The van der Waals surface area contributed by atoms with Crippen molar-refractivity contribution in [2.75, 3.05) is 10.6 Å². The average molecular weight is 510 g/mol. The van der Waals surface area contributed by atoms with Crippen molar-refractivity contribution in [3.05, 3.63) is 93.1 Å². The Morgan fingerprint density at radius 3 is 2.28 bits per heavy atom. The van der Waals surface area contributed by atoms with Crippen molar-refractivity contribution >= 4 is 63.6 Å². The van der Waals surface area contributed by atoms with Crippen molar-refractivity contribution in [1.82, 2.24) is 19.6 Å². The number of aromatic nitrogens is 4. The van der Waals surface area contributed by atoms with Crippen molar-refractivity contribution in [3.8, 4) is 0 Å². The van der Waals surface area contributed by atoms with Crippen LogP contribution in [0.1, 0.15) is 11.1 Å². The molecule has 0 aliphatic heterocycles. The summed E-state index contributed by atoms with van der Waals surface area (Å²) >= 11 is 23.9. The SMILES string of the molecule is Fc1cccc(Cl)c1Cn1cc(NC(=S)Nc2ccn(Cc3c(Cl)cccc3Cl)n2)cn1. The number of thiocarbonyl (C=S) groups is 1. The van der Waals surface area contributed by atoms with E-state index in [9.17, 15) is 4.39 Å². The van der Waals surface area contributed by atoms with Gasteiger partial charge in [-0.1, -0.05) is 46.9 Å². The Kier molecular flexibility index (Phi) is 6.95. The zero-order chi connectivity index (χ0) is 22.7. The lowest BCUT2D eigenvalue weighted by molar-refractivity contribution is 0.585. The van der Waals surface area contributed by atoms with Crippen molar-refractivity contribution in [2.24, 2.45) is 0 Å². The third-order valence-corrected chi connectivity index (χ3v) is 5.80. The minimum atomic E-state index is -0.381. The Hall–Kier alpha value is -2.65. The average Bonchev–Trinajstić information content (AvgIpc) is 3.37. The molecule has 0 radical (unpaired) electrons. The van der Waals surface area contributed by atoms with E-state index in [0.29, 0.717) is 43.8 Å². The second kappa shape index (κ2) is 9.87. The molecule has 0 bridgehead atoms. The summed E-state index contributed by atoms with van der Waals surface area (Å²) in [6.45, 7) is 0.619. The number of hydrogen-bond acceptors (Lipinski definition) is 3. The maximum absolute atomic E-state index is 14.0. The van der Waals surface area contributed by atoms with Crippen LogP contribution in [0.2, 0.25) is 15.1 Å². The highest BCUT2D eigenvalue weighted by Crippen LogP contribution is 2.25. The van der Waals surface area contributed by atoms with Gasteiger partial charge in [-0.2, -0.15) is 10.2 Å². The van der Waals surface area contributed by atoms with Crippen molar-refractivity contribution in [1.29, 1.82) is 0 Å². The maximum atomic E-state index is 14.0. The van der Waals surface area contributed by atoms with Crippen LogP contribution >= 0.6 is 47.0 Å². The molecule has 0 saturated heterocycles. The van der Waals surface area contributed by atoms with Gasteiger partial charge in [0.05, 0.1) is 25.0 Å². The first kappa shape index (κ1) is 22.5. The summed E-state index contributed by atoms with van der Waals surface area (Å²) in [5, 5.41) is 16.5. The standard InChI is InChI=1S/C21H16Cl3FN6S/c22-16-3-1-4-17(23)14(16)11-30-8-7-20(29-30)28-21(32)27-13-9-26-31(10-13)12-15-18(24)5-2-6-19(15)25/h1-10H,11-12H2,(H2,27,28,29,32). The van der Waals surface area contributed by atoms with Gasteiger partial charge >= 0.3 is 0 Å². The van der Waals surface area contributed by atoms with Crippen LogP contribution in [-0.4, -0.2) is 24.7 Å². The fourth-order valence-electron chi connectivity index (χ4n) is 3.00. The summed E-state index contributed by atoms with van der Waals surface area (Å²) in [6, 6.07) is 11.7. The third-order valence-electron chi connectivity index (χ3n) is 4.54. The Morgan fingerprint density at radius 2 is 1.56 bits per heavy atom. The fourth-order valence-corrected chi connectivity index (χ4v) is 3.96. The molecular weight excluding hydrogens is 494 g/mol. The largest absolute Gasteiger partial charge is 0.330 e. The Morgan fingerprint density at radius 1 is 0.906 bits per heavy atom. The van der Waals surface area contributed by atoms with Gasteiger partial charge in [0.2, 0.25) is 0 Å². The van der Waals surface area contributed by atoms with E-state index in [1.807, 2.05) is 0 Å². The molecule has 0 aliphatic rings. The summed E-state index contributed by atoms with van der Waals surface area (Å²) in [7, 11) is 0. The first-order valence-corrected chi connectivity index (χ1v) is 10.9. The number of benzene rings is 2. The third kappa shape index (κ3) is 5.39. The molecule has 0 atom stereocenters. The predicted octanol–water partition coefficient (Wildman–Crippen LogP) is 6.08. The second-order valence-corrected chi connectivity index (χ2v) is 8.43. The lowest BCUT2D eigenvalue weighted by Gasteiger charge is -2.08. The van der Waals surface area contributed by atoms with Gasteiger partial charge in [0.1, 0.15) is 5.82 Å². The zero-order valence-electron chi connectivity index (χ0n) is 16.4. The van der Waals surface area contributed by atoms with E-state index < -0.39 is 0 Å². The Balaban J connectivity index is 1.36. The van der Waals surface area contributed by atoms with Crippen LogP contribution in [0.4, 0.5) is 15.9 Å². The van der Waals surface area contributed by atoms with Gasteiger partial charge in [0.25, 0.3) is 0 Å². The highest BCUT2D eigenvalue weighted by atomic mass is 35.5. The highest BCUT2D eigenvalue weighted by molar-refractivity contribution is 7.80. The summed E-state index contributed by atoms with van der Waals surface area (Å²) in [6.07, 6.45) is 5.08. The number of anilines is 2. The normalized spacial score (nSPS) is 10.9. The lowest BCUT2D eigenvalue weighted by atomic mass is 10.2. The van der Waals surface area contributed by atoms with Crippen LogP contribution in [-0.2, 0) is 13.1 Å². The first-order valence-electron chi connectivity index (χ1n) is 9.39. The molecule has 0 unspecified atom stereocenters. The Labute approximate surface area is 203 Å². The molecule has 0 spiro atoms. The van der Waals surface area contributed by atoms with Crippen molar-refractivity contribution < 1.29 is 4.39 Å². The molecule has 32 heavy (non-hydrogen) atoms. The lowest BCUT2D eigenvalue weighted by Crippen LogP contribution is -2.19. The number of rotatable bonds is 6. The smallest absolute Gasteiger partial charge is 0.176 e. The van der Waals surface area contributed by atoms with E-state index in [1.165, 1.54) is 6.07 Å². The predicted molar refractivity (Wildman–Crippen MR) is 130 cm³/mol. The van der Waals surface area contributed by atoms with Crippen LogP contribution in [0, 0.1) is 5.82 Å². The van der Waals surface area contributed by atoms with E-state index in [1.54, 1.807) is 64.4 Å². The van der Waals surface area contributed by atoms with E-state index >= 15 is 0 Å². The molecule has 4 aromatic rings. The molecule has 4 rings (SSSR count). The maximum Gasteiger partial charge on any atom is 0.176 e. The van der Waals surface area contributed by atoms with Gasteiger partial charge in [-0.15, -0.1) is 0 Å². The molecular formula is C21H16Cl3FN6S. The molecule has 6 nitrogen and oxygen atoms in total. The topological polar surface area (TPSA) is 59.7 Å². The van der Waals surface area contributed by atoms with Gasteiger partial charge < -0.3 is 10.6 Å². The second-order valence-electron chi connectivity index (χ2n) is 6.80. The monoisotopic (exact) mass is 508 g/mol. The van der Waals surface area contributed by atoms with Gasteiger partial charge in [-0.25, -0.2) is 4.39 Å². The van der Waals surface area contributed by atoms with E-state index in [-0.39, 0.29) is 12.4 Å². The minimum Gasteiger partial charge on any atom is -0.330 e. The van der Waals surface area contributed by atoms with E-state index in [0.717, 1.165) is 5.56 Å². The zero-order valence-corrected chi connectivity index (χ0v) is 19.5. The minimum absolute atomic E-state index is 0.197. The van der Waals surface area contributed by atoms with Gasteiger partial charge in [0.15, 0.2) is 10.9 Å². The summed E-state index contributed by atoms with van der Waals surface area (Å²) < 4.78 is 17.3. The summed E-state index contributed by atoms with van der Waals surface area (Å²) in [4.78, 5) is 0. The van der Waals surface area contributed by atoms with Gasteiger partial charge in [0, 0.05) is 44.7 Å². The van der Waals surface area contributed by atoms with E-state index in [4.69, 9.17) is 47.0 Å². The van der Waals surface area contributed by atoms with Gasteiger partial charge in [-0.05, 0) is 36.5 Å².